The summed E-state index contributed by atoms with van der Waals surface area (Å²) in [6, 6.07) is 4.26. The van der Waals surface area contributed by atoms with Gasteiger partial charge in [0.25, 0.3) is 0 Å². The first kappa shape index (κ1) is 13.1. The molecule has 2 N–H and O–H groups in total. The molecule has 94 valence electrons. The first-order valence-corrected chi connectivity index (χ1v) is 6.17. The molecule has 0 aliphatic carbocycles. The Labute approximate surface area is 108 Å². The molecule has 18 heavy (non-hydrogen) atoms. The van der Waals surface area contributed by atoms with E-state index in [4.69, 9.17) is 10.0 Å². The summed E-state index contributed by atoms with van der Waals surface area (Å²) >= 11 is 1.44. The van der Waals surface area contributed by atoms with Gasteiger partial charge in [-0.05, 0) is 11.6 Å². The van der Waals surface area contributed by atoms with Crippen molar-refractivity contribution in [1.29, 1.82) is 0 Å². The Morgan fingerprint density at radius 3 is 2.83 bits per heavy atom. The lowest BCUT2D eigenvalue weighted by Crippen LogP contribution is -2.33. The number of hydrogen-bond acceptors (Lipinski definition) is 5. The van der Waals surface area contributed by atoms with E-state index in [9.17, 15) is 4.39 Å². The van der Waals surface area contributed by atoms with Crippen LogP contribution in [0.3, 0.4) is 0 Å². The number of rotatable bonds is 4. The molecule has 0 aliphatic rings. The number of hydrogen-bond donors (Lipinski definition) is 2. The fourth-order valence-electron chi connectivity index (χ4n) is 1.43. The minimum atomic E-state index is -1.80. The topological polar surface area (TPSA) is 71.2 Å². The van der Waals surface area contributed by atoms with E-state index in [0.29, 0.717) is 5.75 Å². The molecule has 1 heterocycles. The van der Waals surface area contributed by atoms with E-state index >= 15 is 0 Å². The van der Waals surface area contributed by atoms with Crippen LogP contribution in [0.1, 0.15) is 5.56 Å². The van der Waals surface area contributed by atoms with Crippen molar-refractivity contribution in [2.45, 2.75) is 10.9 Å². The average Bonchev–Trinajstić information content (AvgIpc) is 2.73. The monoisotopic (exact) mass is 267 g/mol. The van der Waals surface area contributed by atoms with E-state index in [1.54, 1.807) is 17.0 Å². The zero-order valence-corrected chi connectivity index (χ0v) is 10.4. The predicted octanol–water partition coefficient (Wildman–Crippen LogP) is -0.0737. The van der Waals surface area contributed by atoms with Crippen molar-refractivity contribution < 1.29 is 14.4 Å². The normalized spacial score (nSPS) is 10.7. The highest BCUT2D eigenvalue weighted by Crippen LogP contribution is 2.19. The van der Waals surface area contributed by atoms with Gasteiger partial charge in [-0.25, -0.2) is 4.39 Å². The smallest absolute Gasteiger partial charge is 0.423 e. The highest BCUT2D eigenvalue weighted by atomic mass is 32.2. The summed E-state index contributed by atoms with van der Waals surface area (Å²) in [5.41, 5.74) is 0.665. The first-order valence-electron chi connectivity index (χ1n) is 5.19. The Hall–Kier alpha value is -1.38. The SMILES string of the molecule is Cn1cnnc1SCc1ccc(F)c(B(O)O)c1. The van der Waals surface area contributed by atoms with Crippen molar-refractivity contribution in [1.82, 2.24) is 14.8 Å². The van der Waals surface area contributed by atoms with E-state index in [2.05, 4.69) is 10.2 Å². The number of aromatic nitrogens is 3. The van der Waals surface area contributed by atoms with E-state index < -0.39 is 12.9 Å². The number of halogens is 1. The summed E-state index contributed by atoms with van der Waals surface area (Å²) in [5, 5.41) is 26.4. The lowest BCUT2D eigenvalue weighted by molar-refractivity contribution is 0.423. The number of thioether (sulfide) groups is 1. The van der Waals surface area contributed by atoms with Gasteiger partial charge in [0.2, 0.25) is 0 Å². The summed E-state index contributed by atoms with van der Waals surface area (Å²) in [5.74, 6) is -0.0793. The van der Waals surface area contributed by atoms with Crippen molar-refractivity contribution in [2.24, 2.45) is 7.05 Å². The van der Waals surface area contributed by atoms with Gasteiger partial charge >= 0.3 is 7.12 Å². The molecule has 5 nitrogen and oxygen atoms in total. The lowest BCUT2D eigenvalue weighted by atomic mass is 9.79. The van der Waals surface area contributed by atoms with E-state index in [1.165, 1.54) is 23.9 Å². The quantitative estimate of drug-likeness (QED) is 0.599. The number of aryl methyl sites for hydroxylation is 1. The van der Waals surface area contributed by atoms with E-state index in [1.807, 2.05) is 7.05 Å². The Bertz CT molecular complexity index is 550. The van der Waals surface area contributed by atoms with Gasteiger partial charge in [-0.2, -0.15) is 0 Å². The number of nitrogens with zero attached hydrogens (tertiary/aromatic N) is 3. The lowest BCUT2D eigenvalue weighted by Gasteiger charge is -2.05. The minimum Gasteiger partial charge on any atom is -0.423 e. The van der Waals surface area contributed by atoms with Crippen LogP contribution in [0.15, 0.2) is 29.7 Å². The molecule has 0 unspecified atom stereocenters. The second kappa shape index (κ2) is 5.51. The zero-order valence-electron chi connectivity index (χ0n) is 9.62. The summed E-state index contributed by atoms with van der Waals surface area (Å²) in [6.07, 6.45) is 1.59. The molecule has 0 radical (unpaired) electrons. The second-order valence-electron chi connectivity index (χ2n) is 3.74. The van der Waals surface area contributed by atoms with E-state index in [0.717, 1.165) is 10.7 Å². The Morgan fingerprint density at radius 2 is 2.22 bits per heavy atom. The first-order chi connectivity index (χ1) is 8.58. The van der Waals surface area contributed by atoms with Gasteiger partial charge in [0.15, 0.2) is 5.16 Å². The fraction of sp³-hybridized carbons (Fsp3) is 0.200. The molecule has 0 aliphatic heterocycles. The highest BCUT2D eigenvalue weighted by Gasteiger charge is 2.16. The zero-order chi connectivity index (χ0) is 13.1. The van der Waals surface area contributed by atoms with Gasteiger partial charge in [0.05, 0.1) is 0 Å². The van der Waals surface area contributed by atoms with Crippen LogP contribution in [-0.4, -0.2) is 31.9 Å². The molecular weight excluding hydrogens is 256 g/mol. The van der Waals surface area contributed by atoms with Gasteiger partial charge in [0.1, 0.15) is 12.1 Å². The average molecular weight is 267 g/mol. The van der Waals surface area contributed by atoms with Crippen LogP contribution in [0, 0.1) is 5.82 Å². The van der Waals surface area contributed by atoms with Crippen LogP contribution in [0.4, 0.5) is 4.39 Å². The second-order valence-corrected chi connectivity index (χ2v) is 4.69. The molecule has 0 amide bonds. The van der Waals surface area contributed by atoms with Gasteiger partial charge in [-0.3, -0.25) is 0 Å². The Balaban J connectivity index is 2.10. The summed E-state index contributed by atoms with van der Waals surface area (Å²) in [7, 11) is 0.0281. The van der Waals surface area contributed by atoms with Crippen LogP contribution in [0.2, 0.25) is 0 Å². The van der Waals surface area contributed by atoms with Crippen LogP contribution in [0.5, 0.6) is 0 Å². The van der Waals surface area contributed by atoms with E-state index in [-0.39, 0.29) is 5.46 Å². The summed E-state index contributed by atoms with van der Waals surface area (Å²) in [4.78, 5) is 0. The van der Waals surface area contributed by atoms with Crippen molar-refractivity contribution in [3.63, 3.8) is 0 Å². The van der Waals surface area contributed by atoms with Crippen LogP contribution in [0.25, 0.3) is 0 Å². The van der Waals surface area contributed by atoms with Gasteiger partial charge < -0.3 is 14.6 Å². The number of benzene rings is 1. The van der Waals surface area contributed by atoms with Crippen molar-refractivity contribution in [3.05, 3.63) is 35.9 Å². The standard InChI is InChI=1S/C10H11BFN3O2S/c1-15-6-13-14-10(15)18-5-7-2-3-9(12)8(4-7)11(16)17/h2-4,6,16-17H,5H2,1H3. The molecule has 0 spiro atoms. The van der Waals surface area contributed by atoms with Gasteiger partial charge in [-0.1, -0.05) is 23.9 Å². The molecule has 0 fully saturated rings. The van der Waals surface area contributed by atoms with Crippen molar-refractivity contribution in [3.8, 4) is 0 Å². The van der Waals surface area contributed by atoms with Crippen LogP contribution < -0.4 is 5.46 Å². The summed E-state index contributed by atoms with van der Waals surface area (Å²) in [6.45, 7) is 0. The predicted molar refractivity (Wildman–Crippen MR) is 66.8 cm³/mol. The molecule has 1 aromatic carbocycles. The third kappa shape index (κ3) is 2.89. The summed E-state index contributed by atoms with van der Waals surface area (Å²) < 4.78 is 15.0. The van der Waals surface area contributed by atoms with Gasteiger partial charge in [0, 0.05) is 18.3 Å². The molecule has 0 saturated carbocycles. The molecule has 2 aromatic rings. The molecular formula is C10H11BFN3O2S. The minimum absolute atomic E-state index is 0.119. The third-order valence-electron chi connectivity index (χ3n) is 2.38. The molecule has 2 rings (SSSR count). The fourth-order valence-corrected chi connectivity index (χ4v) is 2.26. The maximum absolute atomic E-state index is 13.2. The Morgan fingerprint density at radius 1 is 1.44 bits per heavy atom. The van der Waals surface area contributed by atoms with Crippen molar-refractivity contribution >= 4 is 24.3 Å². The van der Waals surface area contributed by atoms with Gasteiger partial charge in [-0.15, -0.1) is 10.2 Å². The Kier molecular flexibility index (Phi) is 4.00. The highest BCUT2D eigenvalue weighted by molar-refractivity contribution is 7.98. The van der Waals surface area contributed by atoms with Crippen molar-refractivity contribution in [2.75, 3.05) is 0 Å². The molecule has 0 saturated heterocycles. The molecule has 8 heteroatoms. The molecule has 0 bridgehead atoms. The molecule has 0 atom stereocenters. The maximum Gasteiger partial charge on any atom is 0.491 e. The molecule has 1 aromatic heterocycles. The van der Waals surface area contributed by atoms with Crippen LogP contribution in [-0.2, 0) is 12.8 Å². The maximum atomic E-state index is 13.2. The largest absolute Gasteiger partial charge is 0.491 e. The van der Waals surface area contributed by atoms with Crippen LogP contribution >= 0.6 is 11.8 Å². The third-order valence-corrected chi connectivity index (χ3v) is 3.48.